The molecule has 218 valence electrons. The maximum absolute atomic E-state index is 12.6. The van der Waals surface area contributed by atoms with Crippen LogP contribution < -0.4 is 0 Å². The van der Waals surface area contributed by atoms with Gasteiger partial charge in [-0.3, -0.25) is 4.79 Å². The summed E-state index contributed by atoms with van der Waals surface area (Å²) in [5.41, 5.74) is 3.23. The molecule has 0 aromatic rings. The van der Waals surface area contributed by atoms with E-state index in [2.05, 4.69) is 52.0 Å². The number of aliphatic hydroxyl groups is 1. The Morgan fingerprint density at radius 1 is 1.08 bits per heavy atom. The number of hydrogen-bond acceptors (Lipinski definition) is 5. The van der Waals surface area contributed by atoms with E-state index in [-0.39, 0.29) is 42.1 Å². The zero-order chi connectivity index (χ0) is 29.2. The summed E-state index contributed by atoms with van der Waals surface area (Å²) in [5.74, 6) is -0.110. The minimum absolute atomic E-state index is 0.0918. The zero-order valence-corrected chi connectivity index (χ0v) is 25.3. The van der Waals surface area contributed by atoms with Gasteiger partial charge in [0.2, 0.25) is 0 Å². The van der Waals surface area contributed by atoms with Crippen LogP contribution in [0.1, 0.15) is 99.8 Å². The number of carbonyl (C=O) groups is 2. The second-order valence-corrected chi connectivity index (χ2v) is 11.3. The molecule has 4 atom stereocenters. The largest absolute Gasteiger partial charge is 0.462 e. The number of ether oxygens (including phenoxy) is 2. The van der Waals surface area contributed by atoms with Gasteiger partial charge in [-0.25, -0.2) is 4.79 Å². The van der Waals surface area contributed by atoms with Gasteiger partial charge in [0.15, 0.2) is 0 Å². The molecule has 0 saturated carbocycles. The minimum Gasteiger partial charge on any atom is -0.462 e. The standard InChI is InChI=1S/C34H52O5/c1-25(2)31-19-11-9-17-29(6)32(20-13-21-33(36)38-31)39-34(37)23-22-28(5)24-27(4)16-12-15-26(3)14-8-10-18-30(7)35/h9,11-12,14-16,22-25,29-32,35H,8,10,13,17-21H2,1-7H3/b11-9+,15-12+,23-22+,26-14+,27-16+,28-24+/t29-,30-,31+,32-/m0/s1. The predicted molar refractivity (Wildman–Crippen MR) is 161 cm³/mol. The van der Waals surface area contributed by atoms with Crippen molar-refractivity contribution in [1.82, 2.24) is 0 Å². The molecule has 0 amide bonds. The van der Waals surface area contributed by atoms with Gasteiger partial charge in [-0.15, -0.1) is 0 Å². The third-order valence-electron chi connectivity index (χ3n) is 6.79. The molecule has 39 heavy (non-hydrogen) atoms. The lowest BCUT2D eigenvalue weighted by Crippen LogP contribution is -2.26. The zero-order valence-electron chi connectivity index (χ0n) is 25.3. The molecule has 5 heteroatoms. The molecule has 1 heterocycles. The quantitative estimate of drug-likeness (QED) is 0.0942. The number of aliphatic hydroxyl groups excluding tert-OH is 1. The molecule has 0 spiro atoms. The molecule has 1 aliphatic heterocycles. The highest BCUT2D eigenvalue weighted by atomic mass is 16.5. The Labute approximate surface area is 237 Å². The summed E-state index contributed by atoms with van der Waals surface area (Å²) in [7, 11) is 0. The number of unbranched alkanes of at least 4 members (excludes halogenated alkanes) is 1. The van der Waals surface area contributed by atoms with E-state index in [0.717, 1.165) is 36.8 Å². The van der Waals surface area contributed by atoms with Crippen LogP contribution in [0.15, 0.2) is 71.4 Å². The van der Waals surface area contributed by atoms with Crippen molar-refractivity contribution < 1.29 is 24.2 Å². The fourth-order valence-electron chi connectivity index (χ4n) is 4.29. The number of esters is 2. The van der Waals surface area contributed by atoms with Gasteiger partial charge in [0.1, 0.15) is 12.2 Å². The molecule has 0 radical (unpaired) electrons. The van der Waals surface area contributed by atoms with Gasteiger partial charge in [-0.2, -0.15) is 0 Å². The van der Waals surface area contributed by atoms with E-state index in [4.69, 9.17) is 9.47 Å². The van der Waals surface area contributed by atoms with E-state index in [0.29, 0.717) is 25.7 Å². The molecule has 0 aromatic heterocycles. The highest BCUT2D eigenvalue weighted by molar-refractivity contribution is 5.82. The molecule has 1 rings (SSSR count). The Morgan fingerprint density at radius 3 is 2.49 bits per heavy atom. The maximum Gasteiger partial charge on any atom is 0.331 e. The summed E-state index contributed by atoms with van der Waals surface area (Å²) in [6.07, 6.45) is 23.1. The van der Waals surface area contributed by atoms with E-state index in [1.165, 1.54) is 11.6 Å². The van der Waals surface area contributed by atoms with Gasteiger partial charge in [-0.1, -0.05) is 86.1 Å². The Bertz CT molecular complexity index is 929. The summed E-state index contributed by atoms with van der Waals surface area (Å²) in [6.45, 7) is 14.1. The van der Waals surface area contributed by atoms with Crippen molar-refractivity contribution in [2.45, 2.75) is 118 Å². The SMILES string of the molecule is CC(=C\C=C\C(C)=C\CCC[C@H](C)O)/C=C(C)/C=C/C(=O)O[C@H]1CCCC(=O)O[C@@H](C(C)C)C/C=C/C[C@@H]1C. The van der Waals surface area contributed by atoms with Gasteiger partial charge >= 0.3 is 11.9 Å². The van der Waals surface area contributed by atoms with E-state index in [9.17, 15) is 14.7 Å². The molecule has 0 bridgehead atoms. The first-order valence-corrected chi connectivity index (χ1v) is 14.6. The second kappa shape index (κ2) is 19.4. The lowest BCUT2D eigenvalue weighted by Gasteiger charge is -2.24. The van der Waals surface area contributed by atoms with Crippen LogP contribution in [0.5, 0.6) is 0 Å². The molecule has 0 aliphatic carbocycles. The van der Waals surface area contributed by atoms with Gasteiger partial charge in [0.25, 0.3) is 0 Å². The molecule has 0 fully saturated rings. The molecule has 1 N–H and O–H groups in total. The molecule has 0 saturated heterocycles. The Morgan fingerprint density at radius 2 is 1.79 bits per heavy atom. The van der Waals surface area contributed by atoms with E-state index in [1.807, 2.05) is 39.0 Å². The van der Waals surface area contributed by atoms with E-state index >= 15 is 0 Å². The Kier molecular flexibility index (Phi) is 17.1. The van der Waals surface area contributed by atoms with Crippen molar-refractivity contribution in [2.24, 2.45) is 11.8 Å². The lowest BCUT2D eigenvalue weighted by molar-refractivity contribution is -0.151. The highest BCUT2D eigenvalue weighted by Crippen LogP contribution is 2.22. The maximum atomic E-state index is 12.6. The fourth-order valence-corrected chi connectivity index (χ4v) is 4.29. The monoisotopic (exact) mass is 540 g/mol. The predicted octanol–water partition coefficient (Wildman–Crippen LogP) is 8.12. The van der Waals surface area contributed by atoms with Gasteiger partial charge in [0, 0.05) is 18.9 Å². The van der Waals surface area contributed by atoms with Crippen LogP contribution in [0.25, 0.3) is 0 Å². The van der Waals surface area contributed by atoms with Crippen molar-refractivity contribution in [3.05, 3.63) is 71.4 Å². The number of carbonyl (C=O) groups excluding carboxylic acids is 2. The lowest BCUT2D eigenvalue weighted by atomic mass is 9.94. The van der Waals surface area contributed by atoms with Crippen LogP contribution in [0, 0.1) is 11.8 Å². The van der Waals surface area contributed by atoms with Crippen molar-refractivity contribution >= 4 is 11.9 Å². The third kappa shape index (κ3) is 16.8. The van der Waals surface area contributed by atoms with Crippen molar-refractivity contribution in [3.8, 4) is 0 Å². The number of hydrogen-bond donors (Lipinski definition) is 1. The smallest absolute Gasteiger partial charge is 0.331 e. The molecular formula is C34H52O5. The summed E-state index contributed by atoms with van der Waals surface area (Å²) in [5, 5.41) is 9.33. The average molecular weight is 541 g/mol. The highest BCUT2D eigenvalue weighted by Gasteiger charge is 2.23. The molecular weight excluding hydrogens is 488 g/mol. The molecule has 1 aliphatic rings. The van der Waals surface area contributed by atoms with Gasteiger partial charge in [-0.05, 0) is 78.1 Å². The van der Waals surface area contributed by atoms with Crippen LogP contribution in [0.2, 0.25) is 0 Å². The number of rotatable bonds is 11. The van der Waals surface area contributed by atoms with Crippen LogP contribution in [-0.2, 0) is 19.1 Å². The second-order valence-electron chi connectivity index (χ2n) is 11.3. The Balaban J connectivity index is 2.67. The molecule has 5 nitrogen and oxygen atoms in total. The first-order chi connectivity index (χ1) is 18.5. The first-order valence-electron chi connectivity index (χ1n) is 14.6. The van der Waals surface area contributed by atoms with Crippen LogP contribution in [0.4, 0.5) is 0 Å². The summed E-state index contributed by atoms with van der Waals surface area (Å²) >= 11 is 0. The van der Waals surface area contributed by atoms with Crippen LogP contribution >= 0.6 is 0 Å². The molecule has 0 aromatic carbocycles. The van der Waals surface area contributed by atoms with Gasteiger partial charge < -0.3 is 14.6 Å². The Hall–Kier alpha value is -2.66. The van der Waals surface area contributed by atoms with Gasteiger partial charge in [0.05, 0.1) is 6.10 Å². The summed E-state index contributed by atoms with van der Waals surface area (Å²) < 4.78 is 11.5. The van der Waals surface area contributed by atoms with Crippen molar-refractivity contribution in [1.29, 1.82) is 0 Å². The van der Waals surface area contributed by atoms with Crippen molar-refractivity contribution in [2.75, 3.05) is 0 Å². The number of cyclic esters (lactones) is 1. The topological polar surface area (TPSA) is 72.8 Å². The summed E-state index contributed by atoms with van der Waals surface area (Å²) in [6, 6.07) is 0. The normalized spacial score (nSPS) is 24.4. The fraction of sp³-hybridized carbons (Fsp3) is 0.588. The minimum atomic E-state index is -0.365. The van der Waals surface area contributed by atoms with E-state index in [1.54, 1.807) is 6.08 Å². The number of allylic oxidation sites excluding steroid dienone is 10. The van der Waals surface area contributed by atoms with E-state index < -0.39 is 0 Å². The third-order valence-corrected chi connectivity index (χ3v) is 6.79. The average Bonchev–Trinajstić information content (AvgIpc) is 2.85. The molecule has 0 unspecified atom stereocenters. The van der Waals surface area contributed by atoms with Crippen molar-refractivity contribution in [3.63, 3.8) is 0 Å². The first kappa shape index (κ1) is 34.4. The summed E-state index contributed by atoms with van der Waals surface area (Å²) in [4.78, 5) is 24.9. The van der Waals surface area contributed by atoms with Crippen LogP contribution in [-0.4, -0.2) is 35.4 Å². The van der Waals surface area contributed by atoms with Crippen LogP contribution in [0.3, 0.4) is 0 Å².